The van der Waals surface area contributed by atoms with Crippen molar-refractivity contribution in [3.8, 4) is 0 Å². The summed E-state index contributed by atoms with van der Waals surface area (Å²) in [6.07, 6.45) is 0.826. The molecule has 0 fully saturated rings. The third-order valence-corrected chi connectivity index (χ3v) is 3.54. The molecule has 0 saturated carbocycles. The van der Waals surface area contributed by atoms with Gasteiger partial charge in [-0.1, -0.05) is 25.1 Å². The molecule has 0 atom stereocenters. The average Bonchev–Trinajstić information content (AvgIpc) is 2.41. The van der Waals surface area contributed by atoms with Crippen LogP contribution in [0.3, 0.4) is 0 Å². The van der Waals surface area contributed by atoms with E-state index in [2.05, 4.69) is 21.2 Å². The van der Waals surface area contributed by atoms with Crippen LogP contribution in [-0.4, -0.2) is 5.91 Å². The highest BCUT2D eigenvalue weighted by Crippen LogP contribution is 2.25. The number of nitrogens with one attached hydrogen (secondary N) is 1. The van der Waals surface area contributed by atoms with E-state index in [1.54, 1.807) is 18.2 Å². The van der Waals surface area contributed by atoms with Crippen LogP contribution >= 0.6 is 15.9 Å². The standard InChI is InChI=1S/C15H15BrN2O/c1-2-10-5-3-4-6-12(10)15(19)18-14-8-7-11(17)9-13(14)16/h3-9H,2,17H2,1H3,(H,18,19). The van der Waals surface area contributed by atoms with Crippen molar-refractivity contribution in [1.82, 2.24) is 0 Å². The molecule has 0 aliphatic rings. The molecule has 2 aromatic rings. The lowest BCUT2D eigenvalue weighted by Crippen LogP contribution is -2.14. The summed E-state index contributed by atoms with van der Waals surface area (Å²) in [6, 6.07) is 12.9. The van der Waals surface area contributed by atoms with Gasteiger partial charge in [-0.05, 0) is 52.2 Å². The minimum atomic E-state index is -0.108. The molecule has 0 spiro atoms. The predicted molar refractivity (Wildman–Crippen MR) is 82.3 cm³/mol. The third kappa shape index (κ3) is 3.15. The second-order valence-electron chi connectivity index (χ2n) is 4.20. The number of aryl methyl sites for hydroxylation is 1. The van der Waals surface area contributed by atoms with Gasteiger partial charge in [-0.25, -0.2) is 0 Å². The lowest BCUT2D eigenvalue weighted by molar-refractivity contribution is 0.102. The van der Waals surface area contributed by atoms with Crippen molar-refractivity contribution in [2.75, 3.05) is 11.1 Å². The number of carbonyl (C=O) groups excluding carboxylic acids is 1. The van der Waals surface area contributed by atoms with E-state index in [1.165, 1.54) is 0 Å². The average molecular weight is 319 g/mol. The first-order valence-corrected chi connectivity index (χ1v) is 6.85. The maximum atomic E-state index is 12.3. The van der Waals surface area contributed by atoms with Crippen LogP contribution in [0, 0.1) is 0 Å². The Labute approximate surface area is 121 Å². The molecule has 98 valence electrons. The van der Waals surface area contributed by atoms with E-state index in [9.17, 15) is 4.79 Å². The van der Waals surface area contributed by atoms with Gasteiger partial charge in [0.15, 0.2) is 0 Å². The highest BCUT2D eigenvalue weighted by Gasteiger charge is 2.11. The van der Waals surface area contributed by atoms with Crippen LogP contribution in [0.15, 0.2) is 46.9 Å². The Bertz CT molecular complexity index is 611. The third-order valence-electron chi connectivity index (χ3n) is 2.88. The Kier molecular flexibility index (Phi) is 4.22. The fraction of sp³-hybridized carbons (Fsp3) is 0.133. The molecule has 2 rings (SSSR count). The van der Waals surface area contributed by atoms with Crippen molar-refractivity contribution in [3.05, 3.63) is 58.1 Å². The lowest BCUT2D eigenvalue weighted by atomic mass is 10.0. The van der Waals surface area contributed by atoms with E-state index in [0.29, 0.717) is 16.9 Å². The van der Waals surface area contributed by atoms with Gasteiger partial charge < -0.3 is 11.1 Å². The number of nitrogens with two attached hydrogens (primary N) is 1. The Balaban J connectivity index is 2.26. The summed E-state index contributed by atoms with van der Waals surface area (Å²) in [5.74, 6) is -0.108. The SMILES string of the molecule is CCc1ccccc1C(=O)Nc1ccc(N)cc1Br. The van der Waals surface area contributed by atoms with E-state index < -0.39 is 0 Å². The van der Waals surface area contributed by atoms with Gasteiger partial charge in [0.2, 0.25) is 0 Å². The van der Waals surface area contributed by atoms with Crippen molar-refractivity contribution in [2.24, 2.45) is 0 Å². The molecular formula is C15H15BrN2O. The summed E-state index contributed by atoms with van der Waals surface area (Å²) in [7, 11) is 0. The monoisotopic (exact) mass is 318 g/mol. The quantitative estimate of drug-likeness (QED) is 0.845. The summed E-state index contributed by atoms with van der Waals surface area (Å²) in [4.78, 5) is 12.3. The van der Waals surface area contributed by atoms with E-state index in [1.807, 2.05) is 31.2 Å². The maximum Gasteiger partial charge on any atom is 0.255 e. The van der Waals surface area contributed by atoms with Gasteiger partial charge in [0.25, 0.3) is 5.91 Å². The number of hydrogen-bond donors (Lipinski definition) is 2. The van der Waals surface area contributed by atoms with Gasteiger partial charge >= 0.3 is 0 Å². The molecule has 4 heteroatoms. The van der Waals surface area contributed by atoms with Crippen LogP contribution in [0.5, 0.6) is 0 Å². The van der Waals surface area contributed by atoms with E-state index in [-0.39, 0.29) is 5.91 Å². The molecule has 0 bridgehead atoms. The Hall–Kier alpha value is -1.81. The minimum absolute atomic E-state index is 0.108. The number of amides is 1. The van der Waals surface area contributed by atoms with Gasteiger partial charge in [0.05, 0.1) is 5.69 Å². The van der Waals surface area contributed by atoms with Crippen LogP contribution in [0.25, 0.3) is 0 Å². The van der Waals surface area contributed by atoms with Gasteiger partial charge in [-0.15, -0.1) is 0 Å². The number of hydrogen-bond acceptors (Lipinski definition) is 2. The molecule has 0 aliphatic carbocycles. The molecule has 0 heterocycles. The number of carbonyl (C=O) groups is 1. The Morgan fingerprint density at radius 2 is 2.00 bits per heavy atom. The summed E-state index contributed by atoms with van der Waals surface area (Å²) in [5, 5.41) is 2.89. The van der Waals surface area contributed by atoms with Crippen LogP contribution in [-0.2, 0) is 6.42 Å². The summed E-state index contributed by atoms with van der Waals surface area (Å²) in [5.41, 5.74) is 8.77. The number of benzene rings is 2. The fourth-order valence-electron chi connectivity index (χ4n) is 1.87. The van der Waals surface area contributed by atoms with Crippen LogP contribution in [0.4, 0.5) is 11.4 Å². The molecular weight excluding hydrogens is 304 g/mol. The zero-order chi connectivity index (χ0) is 13.8. The normalized spacial score (nSPS) is 10.2. The summed E-state index contributed by atoms with van der Waals surface area (Å²) in [6.45, 7) is 2.03. The molecule has 3 N–H and O–H groups in total. The first kappa shape index (κ1) is 13.6. The summed E-state index contributed by atoms with van der Waals surface area (Å²) >= 11 is 3.39. The second kappa shape index (κ2) is 5.89. The number of rotatable bonds is 3. The zero-order valence-electron chi connectivity index (χ0n) is 10.6. The van der Waals surface area contributed by atoms with Gasteiger partial charge in [0.1, 0.15) is 0 Å². The number of nitrogen functional groups attached to an aromatic ring is 1. The molecule has 1 amide bonds. The number of anilines is 2. The van der Waals surface area contributed by atoms with E-state index >= 15 is 0 Å². The van der Waals surface area contributed by atoms with Gasteiger partial charge in [0, 0.05) is 15.7 Å². The summed E-state index contributed by atoms with van der Waals surface area (Å²) < 4.78 is 0.773. The number of halogens is 1. The highest BCUT2D eigenvalue weighted by atomic mass is 79.9. The molecule has 19 heavy (non-hydrogen) atoms. The predicted octanol–water partition coefficient (Wildman–Crippen LogP) is 3.85. The fourth-order valence-corrected chi connectivity index (χ4v) is 2.37. The molecule has 3 nitrogen and oxygen atoms in total. The van der Waals surface area contributed by atoms with Gasteiger partial charge in [-0.3, -0.25) is 4.79 Å². The van der Waals surface area contributed by atoms with E-state index in [0.717, 1.165) is 16.5 Å². The van der Waals surface area contributed by atoms with Gasteiger partial charge in [-0.2, -0.15) is 0 Å². The first-order valence-electron chi connectivity index (χ1n) is 6.06. The Morgan fingerprint density at radius 1 is 1.26 bits per heavy atom. The zero-order valence-corrected chi connectivity index (χ0v) is 12.2. The van der Waals surface area contributed by atoms with Crippen molar-refractivity contribution in [3.63, 3.8) is 0 Å². The van der Waals surface area contributed by atoms with Crippen LogP contribution in [0.2, 0.25) is 0 Å². The van der Waals surface area contributed by atoms with Crippen molar-refractivity contribution in [2.45, 2.75) is 13.3 Å². The van der Waals surface area contributed by atoms with Crippen molar-refractivity contribution < 1.29 is 4.79 Å². The molecule has 0 aliphatic heterocycles. The minimum Gasteiger partial charge on any atom is -0.399 e. The smallest absolute Gasteiger partial charge is 0.255 e. The molecule has 0 aromatic heterocycles. The highest BCUT2D eigenvalue weighted by molar-refractivity contribution is 9.10. The molecule has 2 aromatic carbocycles. The molecule has 0 unspecified atom stereocenters. The van der Waals surface area contributed by atoms with Crippen LogP contribution < -0.4 is 11.1 Å². The largest absolute Gasteiger partial charge is 0.399 e. The topological polar surface area (TPSA) is 55.1 Å². The first-order chi connectivity index (χ1) is 9.11. The maximum absolute atomic E-state index is 12.3. The molecule has 0 saturated heterocycles. The lowest BCUT2D eigenvalue weighted by Gasteiger charge is -2.10. The molecule has 0 radical (unpaired) electrons. The van der Waals surface area contributed by atoms with Crippen molar-refractivity contribution in [1.29, 1.82) is 0 Å². The second-order valence-corrected chi connectivity index (χ2v) is 5.06. The van der Waals surface area contributed by atoms with E-state index in [4.69, 9.17) is 5.73 Å². The van der Waals surface area contributed by atoms with Crippen LogP contribution in [0.1, 0.15) is 22.8 Å². The Morgan fingerprint density at radius 3 is 2.68 bits per heavy atom. The van der Waals surface area contributed by atoms with Crippen molar-refractivity contribution >= 4 is 33.2 Å².